The first-order valence-electron chi connectivity index (χ1n) is 5.05. The Balaban J connectivity index is 2.37. The first kappa shape index (κ1) is 12.5. The van der Waals surface area contributed by atoms with Crippen molar-refractivity contribution in [2.75, 3.05) is 0 Å². The summed E-state index contributed by atoms with van der Waals surface area (Å²) >= 11 is 3.14. The summed E-state index contributed by atoms with van der Waals surface area (Å²) in [5.41, 5.74) is 1.17. The molecular formula is C13H11BrFNS. The molecule has 0 heterocycles. The molecule has 0 aliphatic carbocycles. The van der Waals surface area contributed by atoms with Crippen LogP contribution in [0, 0.1) is 17.5 Å². The van der Waals surface area contributed by atoms with Crippen molar-refractivity contribution in [2.45, 2.75) is 16.7 Å². The van der Waals surface area contributed by atoms with Gasteiger partial charge >= 0.3 is 0 Å². The molecule has 1 nitrogen and oxygen atoms in total. The lowest BCUT2D eigenvalue weighted by atomic mass is 10.2. The molecule has 0 amide bonds. The molecule has 0 fully saturated rings. The average Bonchev–Trinajstić information content (AvgIpc) is 2.33. The van der Waals surface area contributed by atoms with Gasteiger partial charge in [0.2, 0.25) is 0 Å². The SMILES string of the molecule is Cc1ccc(S(=N)c2ccc(F)c(Br)c2)cc1. The van der Waals surface area contributed by atoms with Crippen LogP contribution in [0.15, 0.2) is 56.7 Å². The third-order valence-electron chi connectivity index (χ3n) is 2.38. The third-order valence-corrected chi connectivity index (χ3v) is 4.46. The van der Waals surface area contributed by atoms with E-state index in [4.69, 9.17) is 4.78 Å². The summed E-state index contributed by atoms with van der Waals surface area (Å²) in [6.45, 7) is 2.01. The fourth-order valence-corrected chi connectivity index (χ4v) is 3.06. The molecule has 2 aromatic carbocycles. The topological polar surface area (TPSA) is 23.9 Å². The molecule has 17 heavy (non-hydrogen) atoms. The van der Waals surface area contributed by atoms with Crippen molar-refractivity contribution in [2.24, 2.45) is 0 Å². The summed E-state index contributed by atoms with van der Waals surface area (Å²) in [7, 11) is -0.770. The van der Waals surface area contributed by atoms with Crippen LogP contribution in [0.1, 0.15) is 5.56 Å². The van der Waals surface area contributed by atoms with Crippen molar-refractivity contribution in [3.63, 3.8) is 0 Å². The van der Waals surface area contributed by atoms with Crippen LogP contribution >= 0.6 is 15.9 Å². The van der Waals surface area contributed by atoms with Crippen molar-refractivity contribution in [3.8, 4) is 0 Å². The molecule has 0 saturated carbocycles. The standard InChI is InChI=1S/C13H11BrFNS/c1-9-2-4-10(5-3-9)17(16)11-6-7-13(15)12(14)8-11/h2-8,16H,1H3. The molecule has 88 valence electrons. The Labute approximate surface area is 111 Å². The zero-order valence-electron chi connectivity index (χ0n) is 9.21. The van der Waals surface area contributed by atoms with Crippen LogP contribution in [-0.2, 0) is 10.7 Å². The molecule has 2 rings (SSSR count). The maximum absolute atomic E-state index is 13.1. The fraction of sp³-hybridized carbons (Fsp3) is 0.0769. The van der Waals surface area contributed by atoms with E-state index in [-0.39, 0.29) is 5.82 Å². The highest BCUT2D eigenvalue weighted by Crippen LogP contribution is 2.23. The highest BCUT2D eigenvalue weighted by atomic mass is 79.9. The van der Waals surface area contributed by atoms with Gasteiger partial charge in [-0.2, -0.15) is 0 Å². The van der Waals surface area contributed by atoms with Crippen molar-refractivity contribution in [3.05, 3.63) is 58.3 Å². The molecule has 0 bridgehead atoms. The summed E-state index contributed by atoms with van der Waals surface area (Å²) in [5.74, 6) is -0.297. The minimum absolute atomic E-state index is 0.297. The van der Waals surface area contributed by atoms with Crippen LogP contribution in [0.2, 0.25) is 0 Å². The molecule has 0 aliphatic heterocycles. The molecule has 1 unspecified atom stereocenters. The van der Waals surface area contributed by atoms with Crippen molar-refractivity contribution in [1.82, 2.24) is 0 Å². The number of hydrogen-bond donors (Lipinski definition) is 1. The highest BCUT2D eigenvalue weighted by molar-refractivity contribution is 9.10. The van der Waals surface area contributed by atoms with E-state index in [1.54, 1.807) is 12.1 Å². The van der Waals surface area contributed by atoms with Gasteiger partial charge in [0.25, 0.3) is 0 Å². The predicted octanol–water partition coefficient (Wildman–Crippen LogP) is 4.70. The van der Waals surface area contributed by atoms with E-state index in [0.29, 0.717) is 4.47 Å². The van der Waals surface area contributed by atoms with E-state index >= 15 is 0 Å². The van der Waals surface area contributed by atoms with Crippen molar-refractivity contribution >= 4 is 26.6 Å². The minimum Gasteiger partial charge on any atom is -0.271 e. The Bertz CT molecular complexity index is 566. The van der Waals surface area contributed by atoms with E-state index in [2.05, 4.69) is 15.9 Å². The van der Waals surface area contributed by atoms with Crippen LogP contribution in [0.5, 0.6) is 0 Å². The van der Waals surface area contributed by atoms with Gasteiger partial charge in [0.15, 0.2) is 0 Å². The summed E-state index contributed by atoms with van der Waals surface area (Å²) < 4.78 is 21.7. The third kappa shape index (κ3) is 2.82. The number of aryl methyl sites for hydroxylation is 1. The number of benzene rings is 2. The summed E-state index contributed by atoms with van der Waals surface area (Å²) in [5, 5.41) is 0. The lowest BCUT2D eigenvalue weighted by Crippen LogP contribution is -1.92. The smallest absolute Gasteiger partial charge is 0.137 e. The average molecular weight is 312 g/mol. The molecule has 4 heteroatoms. The van der Waals surface area contributed by atoms with Gasteiger partial charge in [-0.1, -0.05) is 17.7 Å². The molecule has 1 atom stereocenters. The van der Waals surface area contributed by atoms with Gasteiger partial charge in [0, 0.05) is 9.79 Å². The molecule has 0 spiro atoms. The van der Waals surface area contributed by atoms with E-state index in [1.165, 1.54) is 11.6 Å². The first-order chi connectivity index (χ1) is 8.08. The van der Waals surface area contributed by atoms with E-state index in [9.17, 15) is 4.39 Å². The van der Waals surface area contributed by atoms with E-state index in [0.717, 1.165) is 9.79 Å². The fourth-order valence-electron chi connectivity index (χ4n) is 1.41. The van der Waals surface area contributed by atoms with Gasteiger partial charge in [0.1, 0.15) is 5.82 Å². The van der Waals surface area contributed by atoms with Crippen molar-refractivity contribution < 1.29 is 4.39 Å². The lowest BCUT2D eigenvalue weighted by Gasteiger charge is -2.07. The van der Waals surface area contributed by atoms with Crippen LogP contribution in [0.3, 0.4) is 0 Å². The number of rotatable bonds is 2. The number of nitrogens with one attached hydrogen (secondary N) is 1. The van der Waals surface area contributed by atoms with Gasteiger partial charge < -0.3 is 0 Å². The maximum Gasteiger partial charge on any atom is 0.137 e. The first-order valence-corrected chi connectivity index (χ1v) is 7.07. The molecule has 2 aromatic rings. The maximum atomic E-state index is 13.1. The molecule has 0 aliphatic rings. The summed E-state index contributed by atoms with van der Waals surface area (Å²) in [6, 6.07) is 12.6. The summed E-state index contributed by atoms with van der Waals surface area (Å²) in [6.07, 6.45) is 0. The van der Waals surface area contributed by atoms with Gasteiger partial charge in [-0.25, -0.2) is 4.39 Å². The highest BCUT2D eigenvalue weighted by Gasteiger charge is 2.06. The second-order valence-corrected chi connectivity index (χ2v) is 6.10. The molecule has 0 aromatic heterocycles. The molecular weight excluding hydrogens is 301 g/mol. The zero-order chi connectivity index (χ0) is 12.4. The van der Waals surface area contributed by atoms with Gasteiger partial charge in [-0.3, -0.25) is 4.78 Å². The normalized spacial score (nSPS) is 12.4. The Morgan fingerprint density at radius 2 is 1.65 bits per heavy atom. The quantitative estimate of drug-likeness (QED) is 0.831. The van der Waals surface area contributed by atoms with Gasteiger partial charge in [-0.15, -0.1) is 0 Å². The molecule has 0 radical (unpaired) electrons. The van der Waals surface area contributed by atoms with Crippen molar-refractivity contribution in [1.29, 1.82) is 4.78 Å². The second-order valence-electron chi connectivity index (χ2n) is 3.70. The largest absolute Gasteiger partial charge is 0.271 e. The van der Waals surface area contributed by atoms with Gasteiger partial charge in [-0.05, 0) is 63.9 Å². The Morgan fingerprint density at radius 3 is 2.24 bits per heavy atom. The van der Waals surface area contributed by atoms with E-state index < -0.39 is 10.7 Å². The lowest BCUT2D eigenvalue weighted by molar-refractivity contribution is 0.619. The molecule has 1 N–H and O–H groups in total. The van der Waals surface area contributed by atoms with Crippen LogP contribution < -0.4 is 0 Å². The van der Waals surface area contributed by atoms with Crippen LogP contribution in [0.4, 0.5) is 4.39 Å². The minimum atomic E-state index is -0.770. The molecule has 0 saturated heterocycles. The Morgan fingerprint density at radius 1 is 1.06 bits per heavy atom. The second kappa shape index (κ2) is 5.10. The number of halogens is 2. The van der Waals surface area contributed by atoms with Gasteiger partial charge in [0.05, 0.1) is 4.47 Å². The Hall–Kier alpha value is -1.000. The van der Waals surface area contributed by atoms with Crippen LogP contribution in [0.25, 0.3) is 0 Å². The number of hydrogen-bond acceptors (Lipinski definition) is 1. The Kier molecular flexibility index (Phi) is 3.74. The summed E-state index contributed by atoms with van der Waals surface area (Å²) in [4.78, 5) is 1.75. The zero-order valence-corrected chi connectivity index (χ0v) is 11.6. The predicted molar refractivity (Wildman–Crippen MR) is 71.9 cm³/mol. The van der Waals surface area contributed by atoms with Crippen LogP contribution in [-0.4, -0.2) is 0 Å². The van der Waals surface area contributed by atoms with E-state index in [1.807, 2.05) is 31.2 Å². The monoisotopic (exact) mass is 311 g/mol.